The Morgan fingerprint density at radius 2 is 1.69 bits per heavy atom. The van der Waals surface area contributed by atoms with Crippen molar-refractivity contribution in [1.82, 2.24) is 0 Å². The molecule has 90 valence electrons. The maximum atomic E-state index is 10.8. The molecule has 0 aliphatic rings. The number of benzene rings is 1. The molecule has 0 bridgehead atoms. The highest BCUT2D eigenvalue weighted by molar-refractivity contribution is 7.98. The van der Waals surface area contributed by atoms with Crippen LogP contribution in [-0.2, 0) is 5.60 Å². The summed E-state index contributed by atoms with van der Waals surface area (Å²) in [5, 5.41) is 10.8. The first-order valence-electron chi connectivity index (χ1n) is 5.79. The quantitative estimate of drug-likeness (QED) is 0.803. The van der Waals surface area contributed by atoms with Crippen LogP contribution in [0, 0.1) is 11.8 Å². The maximum Gasteiger partial charge on any atom is 0.0942 e. The zero-order chi connectivity index (χ0) is 12.3. The highest BCUT2D eigenvalue weighted by Gasteiger charge is 2.36. The Balaban J connectivity index is 3.21. The van der Waals surface area contributed by atoms with Crippen molar-refractivity contribution in [3.63, 3.8) is 0 Å². The molecule has 0 amide bonds. The van der Waals surface area contributed by atoms with Crippen molar-refractivity contribution in [3.05, 3.63) is 29.8 Å². The molecule has 1 rings (SSSR count). The van der Waals surface area contributed by atoms with Gasteiger partial charge in [-0.15, -0.1) is 11.8 Å². The van der Waals surface area contributed by atoms with E-state index in [1.807, 2.05) is 12.1 Å². The lowest BCUT2D eigenvalue weighted by Gasteiger charge is -2.37. The first-order chi connectivity index (χ1) is 7.42. The molecule has 1 N–H and O–H groups in total. The topological polar surface area (TPSA) is 20.2 Å². The molecule has 0 spiro atoms. The summed E-state index contributed by atoms with van der Waals surface area (Å²) in [5.74, 6) is 0.425. The average molecular weight is 238 g/mol. The van der Waals surface area contributed by atoms with Crippen LogP contribution < -0.4 is 0 Å². The van der Waals surface area contributed by atoms with Gasteiger partial charge in [0.15, 0.2) is 0 Å². The molecule has 0 saturated carbocycles. The molecule has 16 heavy (non-hydrogen) atoms. The average Bonchev–Trinajstić information content (AvgIpc) is 2.27. The van der Waals surface area contributed by atoms with Crippen molar-refractivity contribution < 1.29 is 5.11 Å². The lowest BCUT2D eigenvalue weighted by atomic mass is 9.75. The molecule has 0 aromatic heterocycles. The monoisotopic (exact) mass is 238 g/mol. The number of thioether (sulfide) groups is 1. The van der Waals surface area contributed by atoms with Crippen LogP contribution in [0.1, 0.15) is 33.3 Å². The highest BCUT2D eigenvalue weighted by Crippen LogP contribution is 2.37. The molecule has 0 radical (unpaired) electrons. The predicted molar refractivity (Wildman–Crippen MR) is 71.8 cm³/mol. The first-order valence-corrected chi connectivity index (χ1v) is 7.02. The third-order valence-corrected chi connectivity index (χ3v) is 4.02. The van der Waals surface area contributed by atoms with E-state index < -0.39 is 5.60 Å². The van der Waals surface area contributed by atoms with E-state index in [1.54, 1.807) is 11.8 Å². The molecule has 0 heterocycles. The third kappa shape index (κ3) is 2.44. The van der Waals surface area contributed by atoms with E-state index in [4.69, 9.17) is 0 Å². The molecule has 1 aromatic rings. The molecule has 0 aliphatic carbocycles. The number of aliphatic hydroxyl groups is 1. The lowest BCUT2D eigenvalue weighted by molar-refractivity contribution is -0.0532. The molecular weight excluding hydrogens is 216 g/mol. The van der Waals surface area contributed by atoms with E-state index in [2.05, 4.69) is 46.1 Å². The smallest absolute Gasteiger partial charge is 0.0942 e. The Morgan fingerprint density at radius 3 is 2.12 bits per heavy atom. The largest absolute Gasteiger partial charge is 0.385 e. The van der Waals surface area contributed by atoms with Crippen molar-refractivity contribution in [1.29, 1.82) is 0 Å². The molecular formula is C14H22OS. The van der Waals surface area contributed by atoms with Crippen molar-refractivity contribution in [2.24, 2.45) is 11.8 Å². The summed E-state index contributed by atoms with van der Waals surface area (Å²) < 4.78 is 0. The molecule has 1 aromatic carbocycles. The molecule has 0 fully saturated rings. The van der Waals surface area contributed by atoms with Gasteiger partial charge in [-0.25, -0.2) is 0 Å². The maximum absolute atomic E-state index is 10.8. The van der Waals surface area contributed by atoms with Crippen LogP contribution in [0.15, 0.2) is 29.2 Å². The Morgan fingerprint density at radius 1 is 1.12 bits per heavy atom. The lowest BCUT2D eigenvalue weighted by Crippen LogP contribution is -2.37. The SMILES string of the molecule is CSc1cccc(C(O)(C(C)C)C(C)C)c1. The minimum Gasteiger partial charge on any atom is -0.385 e. The van der Waals surface area contributed by atoms with Gasteiger partial charge >= 0.3 is 0 Å². The molecule has 0 saturated heterocycles. The molecule has 0 aliphatic heterocycles. The number of rotatable bonds is 4. The fourth-order valence-corrected chi connectivity index (χ4v) is 2.66. The summed E-state index contributed by atoms with van der Waals surface area (Å²) >= 11 is 1.71. The van der Waals surface area contributed by atoms with Gasteiger partial charge in [0.2, 0.25) is 0 Å². The summed E-state index contributed by atoms with van der Waals surface area (Å²) in [6, 6.07) is 8.23. The zero-order valence-corrected chi connectivity index (χ0v) is 11.6. The van der Waals surface area contributed by atoms with Crippen molar-refractivity contribution in [3.8, 4) is 0 Å². The minimum atomic E-state index is -0.730. The summed E-state index contributed by atoms with van der Waals surface area (Å²) in [5.41, 5.74) is 0.301. The predicted octanol–water partition coefficient (Wildman–Crippen LogP) is 3.91. The minimum absolute atomic E-state index is 0.213. The van der Waals surface area contributed by atoms with Gasteiger partial charge in [0.1, 0.15) is 0 Å². The van der Waals surface area contributed by atoms with E-state index in [1.165, 1.54) is 4.90 Å². The zero-order valence-electron chi connectivity index (χ0n) is 10.8. The van der Waals surface area contributed by atoms with E-state index in [0.29, 0.717) is 0 Å². The van der Waals surface area contributed by atoms with E-state index >= 15 is 0 Å². The molecule has 0 unspecified atom stereocenters. The van der Waals surface area contributed by atoms with Gasteiger partial charge in [0, 0.05) is 4.90 Å². The highest BCUT2D eigenvalue weighted by atomic mass is 32.2. The Kier molecular flexibility index (Phi) is 4.45. The molecule has 2 heteroatoms. The summed E-state index contributed by atoms with van der Waals surface area (Å²) in [4.78, 5) is 1.21. The van der Waals surface area contributed by atoms with Crippen LogP contribution in [0.5, 0.6) is 0 Å². The van der Waals surface area contributed by atoms with Gasteiger partial charge in [-0.1, -0.05) is 39.8 Å². The second kappa shape index (κ2) is 5.24. The summed E-state index contributed by atoms with van der Waals surface area (Å²) in [6.07, 6.45) is 2.06. The Labute approximate surface area is 103 Å². The van der Waals surface area contributed by atoms with E-state index in [-0.39, 0.29) is 11.8 Å². The van der Waals surface area contributed by atoms with Gasteiger partial charge in [-0.3, -0.25) is 0 Å². The summed E-state index contributed by atoms with van der Waals surface area (Å²) in [6.45, 7) is 8.30. The van der Waals surface area contributed by atoms with Gasteiger partial charge in [0.05, 0.1) is 5.60 Å². The van der Waals surface area contributed by atoms with Gasteiger partial charge in [0.25, 0.3) is 0 Å². The van der Waals surface area contributed by atoms with Crippen LogP contribution >= 0.6 is 11.8 Å². The van der Waals surface area contributed by atoms with Crippen LogP contribution in [-0.4, -0.2) is 11.4 Å². The standard InChI is InChI=1S/C14H22OS/c1-10(2)14(15,11(3)4)12-7-6-8-13(9-12)16-5/h6-11,15H,1-5H3. The third-order valence-electron chi connectivity index (χ3n) is 3.29. The summed E-state index contributed by atoms with van der Waals surface area (Å²) in [7, 11) is 0. The first kappa shape index (κ1) is 13.6. The fraction of sp³-hybridized carbons (Fsp3) is 0.571. The van der Waals surface area contributed by atoms with Gasteiger partial charge < -0.3 is 5.11 Å². The second-order valence-electron chi connectivity index (χ2n) is 4.87. The number of hydrogen-bond acceptors (Lipinski definition) is 2. The van der Waals surface area contributed by atoms with Crippen molar-refractivity contribution >= 4 is 11.8 Å². The molecule has 1 nitrogen and oxygen atoms in total. The normalized spacial score (nSPS) is 12.5. The number of hydrogen-bond donors (Lipinski definition) is 1. The van der Waals surface area contributed by atoms with Gasteiger partial charge in [-0.05, 0) is 35.8 Å². The molecule has 0 atom stereocenters. The second-order valence-corrected chi connectivity index (χ2v) is 5.75. The van der Waals surface area contributed by atoms with Crippen LogP contribution in [0.4, 0.5) is 0 Å². The van der Waals surface area contributed by atoms with Gasteiger partial charge in [-0.2, -0.15) is 0 Å². The van der Waals surface area contributed by atoms with Crippen LogP contribution in [0.25, 0.3) is 0 Å². The van der Waals surface area contributed by atoms with E-state index in [0.717, 1.165) is 5.56 Å². The van der Waals surface area contributed by atoms with E-state index in [9.17, 15) is 5.11 Å². The fourth-order valence-electron chi connectivity index (χ4n) is 2.21. The van der Waals surface area contributed by atoms with Crippen LogP contribution in [0.2, 0.25) is 0 Å². The van der Waals surface area contributed by atoms with Crippen molar-refractivity contribution in [2.45, 2.75) is 38.2 Å². The Bertz CT molecular complexity index is 336. The van der Waals surface area contributed by atoms with Crippen molar-refractivity contribution in [2.75, 3.05) is 6.26 Å². The Hall–Kier alpha value is -0.470. The van der Waals surface area contributed by atoms with Crippen LogP contribution in [0.3, 0.4) is 0 Å².